The van der Waals surface area contributed by atoms with E-state index < -0.39 is 5.60 Å². The number of nitrogens with one attached hydrogen (secondary N) is 2. The SMILES string of the molecule is CC(C)(C)OC(=O)N[C@@H]1CC[C@@H]2NC(=O)C[C@@H]2C1. The van der Waals surface area contributed by atoms with Crippen molar-refractivity contribution in [2.75, 3.05) is 0 Å². The second-order valence-electron chi connectivity index (χ2n) is 6.29. The molecule has 2 fully saturated rings. The second kappa shape index (κ2) is 4.78. The highest BCUT2D eigenvalue weighted by Gasteiger charge is 2.38. The fourth-order valence-electron chi connectivity index (χ4n) is 2.79. The van der Waals surface area contributed by atoms with Gasteiger partial charge in [-0.15, -0.1) is 0 Å². The maximum absolute atomic E-state index is 11.7. The topological polar surface area (TPSA) is 67.4 Å². The van der Waals surface area contributed by atoms with Gasteiger partial charge in [0, 0.05) is 18.5 Å². The van der Waals surface area contributed by atoms with Crippen LogP contribution in [-0.2, 0) is 9.53 Å². The number of hydrogen-bond donors (Lipinski definition) is 2. The predicted molar refractivity (Wildman–Crippen MR) is 67.0 cm³/mol. The fraction of sp³-hybridized carbons (Fsp3) is 0.846. The summed E-state index contributed by atoms with van der Waals surface area (Å²) in [5.41, 5.74) is -0.466. The first-order chi connectivity index (χ1) is 8.33. The number of rotatable bonds is 1. The summed E-state index contributed by atoms with van der Waals surface area (Å²) >= 11 is 0. The monoisotopic (exact) mass is 254 g/mol. The Bertz CT molecular complexity index is 349. The molecule has 18 heavy (non-hydrogen) atoms. The molecule has 2 amide bonds. The van der Waals surface area contributed by atoms with Crippen LogP contribution in [0.3, 0.4) is 0 Å². The van der Waals surface area contributed by atoms with E-state index in [9.17, 15) is 9.59 Å². The van der Waals surface area contributed by atoms with Crippen LogP contribution < -0.4 is 10.6 Å². The minimum Gasteiger partial charge on any atom is -0.444 e. The Hall–Kier alpha value is -1.26. The number of carbonyl (C=O) groups is 2. The summed E-state index contributed by atoms with van der Waals surface area (Å²) in [5.74, 6) is 0.508. The lowest BCUT2D eigenvalue weighted by Crippen LogP contribution is -2.45. The molecular weight excluding hydrogens is 232 g/mol. The van der Waals surface area contributed by atoms with E-state index in [-0.39, 0.29) is 18.0 Å². The van der Waals surface area contributed by atoms with Crippen molar-refractivity contribution in [1.29, 1.82) is 0 Å². The molecule has 5 heteroatoms. The van der Waals surface area contributed by atoms with Crippen molar-refractivity contribution in [3.05, 3.63) is 0 Å². The molecule has 0 aromatic carbocycles. The van der Waals surface area contributed by atoms with Crippen LogP contribution in [0.2, 0.25) is 0 Å². The molecule has 0 aromatic heterocycles. The number of alkyl carbamates (subject to hydrolysis) is 1. The molecular formula is C13H22N2O3. The van der Waals surface area contributed by atoms with Gasteiger partial charge in [-0.1, -0.05) is 0 Å². The van der Waals surface area contributed by atoms with Gasteiger partial charge in [-0.25, -0.2) is 4.79 Å². The summed E-state index contributed by atoms with van der Waals surface area (Å²) in [5, 5.41) is 5.89. The van der Waals surface area contributed by atoms with Gasteiger partial charge in [0.05, 0.1) is 0 Å². The van der Waals surface area contributed by atoms with Crippen LogP contribution in [-0.4, -0.2) is 29.7 Å². The van der Waals surface area contributed by atoms with Gasteiger partial charge in [0.25, 0.3) is 0 Å². The maximum Gasteiger partial charge on any atom is 0.407 e. The van der Waals surface area contributed by atoms with Crippen LogP contribution in [0.25, 0.3) is 0 Å². The second-order valence-corrected chi connectivity index (χ2v) is 6.29. The Labute approximate surface area is 108 Å². The zero-order valence-electron chi connectivity index (χ0n) is 11.3. The molecule has 0 radical (unpaired) electrons. The van der Waals surface area contributed by atoms with Gasteiger partial charge in [-0.3, -0.25) is 4.79 Å². The predicted octanol–water partition coefficient (Wildman–Crippen LogP) is 1.57. The van der Waals surface area contributed by atoms with Crippen LogP contribution >= 0.6 is 0 Å². The van der Waals surface area contributed by atoms with Crippen LogP contribution in [0.1, 0.15) is 46.5 Å². The molecule has 5 nitrogen and oxygen atoms in total. The summed E-state index contributed by atoms with van der Waals surface area (Å²) in [6.45, 7) is 5.55. The number of fused-ring (bicyclic) bond motifs is 1. The molecule has 1 aliphatic carbocycles. The van der Waals surface area contributed by atoms with Crippen molar-refractivity contribution in [1.82, 2.24) is 10.6 Å². The van der Waals surface area contributed by atoms with Gasteiger partial charge >= 0.3 is 6.09 Å². The van der Waals surface area contributed by atoms with Crippen molar-refractivity contribution < 1.29 is 14.3 Å². The number of ether oxygens (including phenoxy) is 1. The molecule has 102 valence electrons. The summed E-state index contributed by atoms with van der Waals surface area (Å²) < 4.78 is 5.24. The third-order valence-electron chi connectivity index (χ3n) is 3.50. The Morgan fingerprint density at radius 3 is 2.78 bits per heavy atom. The van der Waals surface area contributed by atoms with Crippen LogP contribution in [0, 0.1) is 5.92 Å². The van der Waals surface area contributed by atoms with Gasteiger partial charge in [0.15, 0.2) is 0 Å². The van der Waals surface area contributed by atoms with Gasteiger partial charge in [0.1, 0.15) is 5.60 Å². The van der Waals surface area contributed by atoms with Crippen LogP contribution in [0.4, 0.5) is 4.79 Å². The third kappa shape index (κ3) is 3.37. The number of amides is 2. The standard InChI is InChI=1S/C13H22N2O3/c1-13(2,3)18-12(17)14-9-4-5-10-8(6-9)7-11(16)15-10/h8-10H,4-7H2,1-3H3,(H,14,17)(H,15,16)/t8-,9+,10-/m0/s1. The van der Waals surface area contributed by atoms with Crippen LogP contribution in [0.15, 0.2) is 0 Å². The van der Waals surface area contributed by atoms with Gasteiger partial charge in [-0.2, -0.15) is 0 Å². The summed E-state index contributed by atoms with van der Waals surface area (Å²) in [4.78, 5) is 23.0. The average molecular weight is 254 g/mol. The normalized spacial score (nSPS) is 31.5. The van der Waals surface area contributed by atoms with E-state index in [2.05, 4.69) is 10.6 Å². The molecule has 0 unspecified atom stereocenters. The highest BCUT2D eigenvalue weighted by Crippen LogP contribution is 2.31. The molecule has 1 saturated carbocycles. The lowest BCUT2D eigenvalue weighted by Gasteiger charge is -2.32. The van der Waals surface area contributed by atoms with E-state index >= 15 is 0 Å². The molecule has 0 spiro atoms. The van der Waals surface area contributed by atoms with Gasteiger partial charge in [-0.05, 0) is 46.0 Å². The average Bonchev–Trinajstić information content (AvgIpc) is 2.53. The molecule has 2 aliphatic rings. The number of hydrogen-bond acceptors (Lipinski definition) is 3. The zero-order chi connectivity index (χ0) is 13.3. The molecule has 0 bridgehead atoms. The minimum absolute atomic E-state index is 0.133. The summed E-state index contributed by atoms with van der Waals surface area (Å²) in [7, 11) is 0. The Balaban J connectivity index is 1.81. The minimum atomic E-state index is -0.466. The quantitative estimate of drug-likeness (QED) is 0.746. The van der Waals surface area contributed by atoms with Crippen molar-refractivity contribution in [3.63, 3.8) is 0 Å². The summed E-state index contributed by atoms with van der Waals surface area (Å²) in [6, 6.07) is 0.447. The van der Waals surface area contributed by atoms with Crippen molar-refractivity contribution in [2.45, 2.75) is 64.1 Å². The third-order valence-corrected chi connectivity index (χ3v) is 3.50. The largest absolute Gasteiger partial charge is 0.444 e. The Kier molecular flexibility index (Phi) is 3.50. The Morgan fingerprint density at radius 1 is 1.39 bits per heavy atom. The molecule has 2 rings (SSSR count). The number of carbonyl (C=O) groups excluding carboxylic acids is 2. The first kappa shape index (κ1) is 13.2. The maximum atomic E-state index is 11.7. The summed E-state index contributed by atoms with van der Waals surface area (Å²) in [6.07, 6.45) is 2.94. The zero-order valence-corrected chi connectivity index (χ0v) is 11.3. The molecule has 1 aliphatic heterocycles. The molecule has 1 saturated heterocycles. The highest BCUT2D eigenvalue weighted by atomic mass is 16.6. The first-order valence-electron chi connectivity index (χ1n) is 6.62. The fourth-order valence-corrected chi connectivity index (χ4v) is 2.79. The first-order valence-corrected chi connectivity index (χ1v) is 6.62. The lowest BCUT2D eigenvalue weighted by atomic mass is 9.82. The van der Waals surface area contributed by atoms with E-state index in [1.54, 1.807) is 0 Å². The van der Waals surface area contributed by atoms with E-state index in [0.717, 1.165) is 19.3 Å². The van der Waals surface area contributed by atoms with Crippen LogP contribution in [0.5, 0.6) is 0 Å². The Morgan fingerprint density at radius 2 is 2.11 bits per heavy atom. The molecule has 0 aromatic rings. The van der Waals surface area contributed by atoms with E-state index in [1.165, 1.54) is 0 Å². The molecule has 3 atom stereocenters. The van der Waals surface area contributed by atoms with Crippen molar-refractivity contribution >= 4 is 12.0 Å². The van der Waals surface area contributed by atoms with E-state index in [1.807, 2.05) is 20.8 Å². The van der Waals surface area contributed by atoms with Gasteiger partial charge in [0.2, 0.25) is 5.91 Å². The highest BCUT2D eigenvalue weighted by molar-refractivity contribution is 5.79. The smallest absolute Gasteiger partial charge is 0.407 e. The van der Waals surface area contributed by atoms with Gasteiger partial charge < -0.3 is 15.4 Å². The molecule has 2 N–H and O–H groups in total. The van der Waals surface area contributed by atoms with Crippen molar-refractivity contribution in [3.8, 4) is 0 Å². The van der Waals surface area contributed by atoms with Crippen molar-refractivity contribution in [2.24, 2.45) is 5.92 Å². The molecule has 1 heterocycles. The lowest BCUT2D eigenvalue weighted by molar-refractivity contribution is -0.119. The van der Waals surface area contributed by atoms with E-state index in [0.29, 0.717) is 18.4 Å². The van der Waals surface area contributed by atoms with E-state index in [4.69, 9.17) is 4.74 Å².